The number of nitro benzene ring substituents is 1. The Morgan fingerprint density at radius 1 is 1.13 bits per heavy atom. The first-order valence-electron chi connectivity index (χ1n) is 9.49. The van der Waals surface area contributed by atoms with Crippen LogP contribution in [-0.2, 0) is 6.61 Å². The molecule has 0 amide bonds. The third-order valence-electron chi connectivity index (χ3n) is 4.81. The molecule has 158 valence electrons. The molecule has 0 aliphatic carbocycles. The molecule has 2 aromatic carbocycles. The molecule has 0 aliphatic rings. The van der Waals surface area contributed by atoms with Gasteiger partial charge in [-0.15, -0.1) is 0 Å². The molecule has 3 rings (SSSR count). The molecule has 3 N–H and O–H groups in total. The van der Waals surface area contributed by atoms with Gasteiger partial charge in [-0.25, -0.2) is 0 Å². The number of benzene rings is 2. The van der Waals surface area contributed by atoms with Gasteiger partial charge in [-0.1, -0.05) is 42.5 Å². The van der Waals surface area contributed by atoms with E-state index in [0.717, 1.165) is 11.3 Å². The van der Waals surface area contributed by atoms with E-state index in [1.807, 2.05) is 31.2 Å². The molecule has 3 aromatic rings. The van der Waals surface area contributed by atoms with E-state index in [9.17, 15) is 20.3 Å². The van der Waals surface area contributed by atoms with Crippen LogP contribution in [-0.4, -0.2) is 20.1 Å². The monoisotopic (exact) mass is 436 g/mol. The number of aliphatic hydroxyl groups excluding tert-OH is 2. The molecule has 1 heterocycles. The van der Waals surface area contributed by atoms with Gasteiger partial charge in [0.15, 0.2) is 23.1 Å². The lowest BCUT2D eigenvalue weighted by atomic mass is 10.1. The maximum Gasteiger partial charge on any atom is 0.288 e. The molecule has 0 unspecified atom stereocenters. The normalized spacial score (nSPS) is 11.6. The number of rotatable bonds is 6. The molecule has 8 heteroatoms. The Kier molecular flexibility index (Phi) is 6.74. The van der Waals surface area contributed by atoms with Crippen LogP contribution in [0.15, 0.2) is 67.0 Å². The Morgan fingerprint density at radius 3 is 2.55 bits per heavy atom. The van der Waals surface area contributed by atoms with E-state index in [4.69, 9.17) is 12.2 Å². The number of aryl methyl sites for hydroxylation is 2. The van der Waals surface area contributed by atoms with Gasteiger partial charge in [0.05, 0.1) is 11.5 Å². The quantitative estimate of drug-likeness (QED) is 0.133. The summed E-state index contributed by atoms with van der Waals surface area (Å²) in [7, 11) is 0. The van der Waals surface area contributed by atoms with Gasteiger partial charge >= 0.3 is 0 Å². The van der Waals surface area contributed by atoms with E-state index in [1.165, 1.54) is 6.07 Å². The number of aromatic nitrogens is 1. The molecule has 7 nitrogen and oxygen atoms in total. The van der Waals surface area contributed by atoms with Crippen molar-refractivity contribution in [1.82, 2.24) is 0 Å². The van der Waals surface area contributed by atoms with Crippen LogP contribution in [0.2, 0.25) is 0 Å². The molecular weight excluding hydrogens is 414 g/mol. The van der Waals surface area contributed by atoms with Crippen molar-refractivity contribution >= 4 is 40.0 Å². The van der Waals surface area contributed by atoms with Crippen molar-refractivity contribution in [3.8, 4) is 0 Å². The maximum atomic E-state index is 11.4. The Hall–Kier alpha value is -3.62. The predicted octanol–water partition coefficient (Wildman–Crippen LogP) is 4.31. The van der Waals surface area contributed by atoms with Crippen LogP contribution in [0.25, 0.3) is 11.5 Å². The average molecular weight is 437 g/mol. The van der Waals surface area contributed by atoms with Gasteiger partial charge in [0.25, 0.3) is 11.4 Å². The molecule has 0 fully saturated rings. The van der Waals surface area contributed by atoms with Gasteiger partial charge in [-0.3, -0.25) is 10.1 Å². The van der Waals surface area contributed by atoms with Crippen molar-refractivity contribution in [2.45, 2.75) is 20.5 Å². The zero-order chi connectivity index (χ0) is 22.5. The lowest BCUT2D eigenvalue weighted by Crippen LogP contribution is -2.39. The number of aliphatic hydroxyl groups is 2. The van der Waals surface area contributed by atoms with Gasteiger partial charge in [0, 0.05) is 34.5 Å². The summed E-state index contributed by atoms with van der Waals surface area (Å²) in [4.78, 5) is 11.1. The molecule has 0 saturated heterocycles. The summed E-state index contributed by atoms with van der Waals surface area (Å²) in [6.07, 6.45) is 3.32. The minimum atomic E-state index is -0.491. The summed E-state index contributed by atoms with van der Waals surface area (Å²) in [6.45, 7) is 3.37. The van der Waals surface area contributed by atoms with Crippen LogP contribution < -0.4 is 9.88 Å². The highest BCUT2D eigenvalue weighted by atomic mass is 32.1. The van der Waals surface area contributed by atoms with Crippen molar-refractivity contribution in [2.24, 2.45) is 0 Å². The van der Waals surface area contributed by atoms with Gasteiger partial charge < -0.3 is 15.5 Å². The fourth-order valence-corrected chi connectivity index (χ4v) is 3.40. The summed E-state index contributed by atoms with van der Waals surface area (Å²) >= 11 is 5.62. The second kappa shape index (κ2) is 9.46. The van der Waals surface area contributed by atoms with Gasteiger partial charge in [-0.05, 0) is 31.5 Å². The van der Waals surface area contributed by atoms with Gasteiger partial charge in [0.2, 0.25) is 0 Å². The Bertz CT molecular complexity index is 1190. The number of pyridine rings is 1. The SMILES string of the molecule is Cc1ccccc1NC(=S)/C(=C(\O)c1ccc(C)c([N+](=O)[O-])c1)[n+]1cccc(CO)c1. The van der Waals surface area contributed by atoms with Crippen LogP contribution in [0.5, 0.6) is 0 Å². The minimum Gasteiger partial charge on any atom is -0.502 e. The fourth-order valence-electron chi connectivity index (χ4n) is 3.09. The van der Waals surface area contributed by atoms with Crippen molar-refractivity contribution in [3.63, 3.8) is 0 Å². The molecular formula is C23H22N3O4S+. The molecule has 0 saturated carbocycles. The summed E-state index contributed by atoms with van der Waals surface area (Å²) in [5, 5.41) is 35.2. The fraction of sp³-hybridized carbons (Fsp3) is 0.130. The van der Waals surface area contributed by atoms with Crippen LogP contribution in [0.4, 0.5) is 11.4 Å². The van der Waals surface area contributed by atoms with Crippen molar-refractivity contribution in [3.05, 3.63) is 99.4 Å². The highest BCUT2D eigenvalue weighted by molar-refractivity contribution is 7.81. The lowest BCUT2D eigenvalue weighted by Gasteiger charge is -2.12. The van der Waals surface area contributed by atoms with E-state index in [0.29, 0.717) is 11.1 Å². The average Bonchev–Trinajstić information content (AvgIpc) is 2.75. The Morgan fingerprint density at radius 2 is 1.87 bits per heavy atom. The lowest BCUT2D eigenvalue weighted by molar-refractivity contribution is -0.576. The molecule has 0 atom stereocenters. The molecule has 0 spiro atoms. The zero-order valence-corrected chi connectivity index (χ0v) is 17.9. The van der Waals surface area contributed by atoms with Crippen molar-refractivity contribution in [1.29, 1.82) is 0 Å². The standard InChI is InChI=1S/C23H21N3O4S/c1-15-6-3-4-8-19(15)24-23(31)21(25-11-5-7-17(13-25)14-27)22(28)18-10-9-16(2)20(12-18)26(29)30/h3-13,27H,14H2,1-2H3,(H-,24,28,31)/p+1. The summed E-state index contributed by atoms with van der Waals surface area (Å²) in [5.41, 5.74) is 3.21. The first-order chi connectivity index (χ1) is 14.8. The largest absolute Gasteiger partial charge is 0.502 e. The summed E-state index contributed by atoms with van der Waals surface area (Å²) in [6, 6.07) is 15.5. The molecule has 0 radical (unpaired) electrons. The Balaban J connectivity index is 2.17. The minimum absolute atomic E-state index is 0.102. The first-order valence-corrected chi connectivity index (χ1v) is 9.89. The Labute approximate surface area is 185 Å². The first kappa shape index (κ1) is 22.1. The summed E-state index contributed by atoms with van der Waals surface area (Å²) in [5.74, 6) is -0.228. The van der Waals surface area contributed by atoms with Gasteiger partial charge in [-0.2, -0.15) is 4.57 Å². The maximum absolute atomic E-state index is 11.4. The predicted molar refractivity (Wildman–Crippen MR) is 124 cm³/mol. The van der Waals surface area contributed by atoms with E-state index < -0.39 is 4.92 Å². The van der Waals surface area contributed by atoms with E-state index in [-0.39, 0.29) is 34.3 Å². The highest BCUT2D eigenvalue weighted by Crippen LogP contribution is 2.26. The number of para-hydroxylation sites is 1. The number of nitro groups is 1. The number of nitrogens with zero attached hydrogens (tertiary/aromatic N) is 2. The van der Waals surface area contributed by atoms with Gasteiger partial charge in [0.1, 0.15) is 0 Å². The molecule has 1 aromatic heterocycles. The van der Waals surface area contributed by atoms with Crippen LogP contribution in [0.3, 0.4) is 0 Å². The van der Waals surface area contributed by atoms with Crippen LogP contribution in [0, 0.1) is 24.0 Å². The number of anilines is 1. The van der Waals surface area contributed by atoms with Crippen LogP contribution in [0.1, 0.15) is 22.3 Å². The second-order valence-corrected chi connectivity index (χ2v) is 7.41. The van der Waals surface area contributed by atoms with E-state index in [2.05, 4.69) is 5.32 Å². The van der Waals surface area contributed by atoms with Crippen molar-refractivity contribution in [2.75, 3.05) is 5.32 Å². The number of nitrogens with one attached hydrogen (secondary N) is 1. The molecule has 31 heavy (non-hydrogen) atoms. The smallest absolute Gasteiger partial charge is 0.288 e. The third-order valence-corrected chi connectivity index (χ3v) is 5.11. The molecule has 0 bridgehead atoms. The number of hydrogen-bond acceptors (Lipinski definition) is 5. The second-order valence-electron chi connectivity index (χ2n) is 7.00. The van der Waals surface area contributed by atoms with E-state index in [1.54, 1.807) is 48.1 Å². The topological polar surface area (TPSA) is 99.5 Å². The zero-order valence-electron chi connectivity index (χ0n) is 17.1. The summed E-state index contributed by atoms with van der Waals surface area (Å²) < 4.78 is 1.58. The van der Waals surface area contributed by atoms with E-state index >= 15 is 0 Å². The number of hydrogen-bond donors (Lipinski definition) is 3. The highest BCUT2D eigenvalue weighted by Gasteiger charge is 2.26. The van der Waals surface area contributed by atoms with Crippen LogP contribution >= 0.6 is 12.2 Å². The number of thiocarbonyl (C=S) groups is 1. The third kappa shape index (κ3) is 4.93. The molecule has 0 aliphatic heterocycles. The van der Waals surface area contributed by atoms with Crippen molar-refractivity contribution < 1.29 is 19.7 Å².